The van der Waals surface area contributed by atoms with Gasteiger partial charge in [-0.15, -0.1) is 0 Å². The summed E-state index contributed by atoms with van der Waals surface area (Å²) in [6.07, 6.45) is -0.185. The smallest absolute Gasteiger partial charge is 0.408 e. The van der Waals surface area contributed by atoms with Crippen LogP contribution < -0.4 is 5.32 Å². The summed E-state index contributed by atoms with van der Waals surface area (Å²) >= 11 is 0. The molecule has 7 nitrogen and oxygen atoms in total. The van der Waals surface area contributed by atoms with E-state index in [2.05, 4.69) is 10.5 Å². The summed E-state index contributed by atoms with van der Waals surface area (Å²) in [5, 5.41) is 15.1. The maximum Gasteiger partial charge on any atom is 0.408 e. The van der Waals surface area contributed by atoms with Crippen molar-refractivity contribution in [3.05, 3.63) is 17.5 Å². The Labute approximate surface area is 117 Å². The number of hydrogen-bond donors (Lipinski definition) is 2. The van der Waals surface area contributed by atoms with Crippen LogP contribution in [0.2, 0.25) is 0 Å². The molecule has 0 spiro atoms. The maximum atomic E-state index is 11.6. The quantitative estimate of drug-likeness (QED) is 0.856. The molecular formula is C13H20N2O5. The third-order valence-electron chi connectivity index (χ3n) is 2.35. The van der Waals surface area contributed by atoms with Crippen molar-refractivity contribution in [2.45, 2.75) is 52.2 Å². The Morgan fingerprint density at radius 1 is 1.50 bits per heavy atom. The van der Waals surface area contributed by atoms with Gasteiger partial charge >= 0.3 is 12.1 Å². The van der Waals surface area contributed by atoms with E-state index in [1.165, 1.54) is 0 Å². The van der Waals surface area contributed by atoms with Crippen molar-refractivity contribution in [2.75, 3.05) is 0 Å². The predicted molar refractivity (Wildman–Crippen MR) is 70.4 cm³/mol. The maximum absolute atomic E-state index is 11.6. The van der Waals surface area contributed by atoms with Crippen LogP contribution in [0.5, 0.6) is 0 Å². The van der Waals surface area contributed by atoms with E-state index >= 15 is 0 Å². The van der Waals surface area contributed by atoms with Gasteiger partial charge in [0.1, 0.15) is 17.4 Å². The van der Waals surface area contributed by atoms with Crippen LogP contribution >= 0.6 is 0 Å². The highest BCUT2D eigenvalue weighted by Crippen LogP contribution is 2.10. The number of aryl methyl sites for hydroxylation is 2. The van der Waals surface area contributed by atoms with Crippen molar-refractivity contribution in [2.24, 2.45) is 0 Å². The van der Waals surface area contributed by atoms with Gasteiger partial charge in [-0.25, -0.2) is 9.59 Å². The lowest BCUT2D eigenvalue weighted by Gasteiger charge is -2.21. The first-order valence-electron chi connectivity index (χ1n) is 6.32. The summed E-state index contributed by atoms with van der Waals surface area (Å²) in [7, 11) is 0. The number of carboxylic acid groups (broad SMARTS) is 1. The van der Waals surface area contributed by atoms with Crippen molar-refractivity contribution in [1.29, 1.82) is 0 Å². The topological polar surface area (TPSA) is 102 Å². The molecule has 0 aliphatic heterocycles. The van der Waals surface area contributed by atoms with Crippen LogP contribution in [-0.4, -0.2) is 34.0 Å². The van der Waals surface area contributed by atoms with E-state index in [1.54, 1.807) is 33.8 Å². The molecule has 0 radical (unpaired) electrons. The van der Waals surface area contributed by atoms with Gasteiger partial charge < -0.3 is 19.7 Å². The van der Waals surface area contributed by atoms with E-state index in [-0.39, 0.29) is 6.42 Å². The number of aliphatic carboxylic acids is 1. The zero-order valence-corrected chi connectivity index (χ0v) is 12.1. The van der Waals surface area contributed by atoms with Crippen LogP contribution in [0, 0.1) is 6.92 Å². The molecule has 1 aromatic heterocycles. The number of nitrogens with zero attached hydrogens (tertiary/aromatic N) is 1. The number of hydrogen-bond acceptors (Lipinski definition) is 5. The lowest BCUT2D eigenvalue weighted by Crippen LogP contribution is -2.43. The van der Waals surface area contributed by atoms with Crippen LogP contribution in [0.4, 0.5) is 4.79 Å². The summed E-state index contributed by atoms with van der Waals surface area (Å²) in [6, 6.07) is 0.696. The summed E-state index contributed by atoms with van der Waals surface area (Å²) in [5.41, 5.74) is 0.0572. The molecule has 7 heteroatoms. The Hall–Kier alpha value is -2.05. The van der Waals surface area contributed by atoms with E-state index in [9.17, 15) is 9.59 Å². The molecule has 1 rings (SSSR count). The highest BCUT2D eigenvalue weighted by molar-refractivity contribution is 5.79. The molecule has 0 bridgehead atoms. The Morgan fingerprint density at radius 3 is 2.60 bits per heavy atom. The fraction of sp³-hybridized carbons (Fsp3) is 0.615. The second-order valence-corrected chi connectivity index (χ2v) is 5.51. The molecule has 0 saturated carbocycles. The molecule has 20 heavy (non-hydrogen) atoms. The van der Waals surface area contributed by atoms with E-state index in [0.29, 0.717) is 12.2 Å². The number of carboxylic acids is 1. The number of alkyl carbamates (subject to hydrolysis) is 1. The Morgan fingerprint density at radius 2 is 2.15 bits per heavy atom. The van der Waals surface area contributed by atoms with Crippen molar-refractivity contribution in [3.63, 3.8) is 0 Å². The van der Waals surface area contributed by atoms with E-state index in [0.717, 1.165) is 5.69 Å². The Kier molecular flexibility index (Phi) is 5.12. The van der Waals surface area contributed by atoms with Crippen LogP contribution in [0.15, 0.2) is 10.6 Å². The van der Waals surface area contributed by atoms with Gasteiger partial charge in [0, 0.05) is 12.5 Å². The highest BCUT2D eigenvalue weighted by atomic mass is 16.6. The molecule has 1 heterocycles. The van der Waals surface area contributed by atoms with E-state index in [1.807, 2.05) is 0 Å². The second-order valence-electron chi connectivity index (χ2n) is 5.51. The van der Waals surface area contributed by atoms with Gasteiger partial charge in [-0.05, 0) is 34.1 Å². The van der Waals surface area contributed by atoms with Crippen LogP contribution in [0.3, 0.4) is 0 Å². The number of rotatable bonds is 5. The normalized spacial score (nSPS) is 12.8. The van der Waals surface area contributed by atoms with E-state index in [4.69, 9.17) is 14.4 Å². The highest BCUT2D eigenvalue weighted by Gasteiger charge is 2.24. The van der Waals surface area contributed by atoms with Gasteiger partial charge in [-0.3, -0.25) is 0 Å². The molecule has 1 amide bonds. The Bertz CT molecular complexity index is 475. The average Bonchev–Trinajstić information content (AvgIpc) is 2.67. The van der Waals surface area contributed by atoms with Gasteiger partial charge in [-0.1, -0.05) is 5.16 Å². The molecule has 112 valence electrons. The Balaban J connectivity index is 2.52. The first kappa shape index (κ1) is 16.0. The standard InChI is InChI=1S/C13H20N2O5/c1-8-7-9(20-15-8)5-6-10(11(16)17)14-12(18)19-13(2,3)4/h7,10H,5-6H2,1-4H3,(H,14,18)(H,16,17)/t10-/m1/s1. The zero-order valence-electron chi connectivity index (χ0n) is 12.1. The fourth-order valence-corrected chi connectivity index (χ4v) is 1.53. The van der Waals surface area contributed by atoms with Crippen molar-refractivity contribution >= 4 is 12.1 Å². The number of carbonyl (C=O) groups excluding carboxylic acids is 1. The number of amides is 1. The summed E-state index contributed by atoms with van der Waals surface area (Å²) in [4.78, 5) is 22.7. The lowest BCUT2D eigenvalue weighted by molar-refractivity contribution is -0.139. The molecular weight excluding hydrogens is 264 g/mol. The number of aromatic nitrogens is 1. The molecule has 2 N–H and O–H groups in total. The van der Waals surface area contributed by atoms with Crippen LogP contribution in [0.25, 0.3) is 0 Å². The zero-order chi connectivity index (χ0) is 15.3. The van der Waals surface area contributed by atoms with Crippen LogP contribution in [-0.2, 0) is 16.0 Å². The first-order chi connectivity index (χ1) is 9.17. The minimum Gasteiger partial charge on any atom is -0.480 e. The third kappa shape index (κ3) is 5.73. The van der Waals surface area contributed by atoms with Crippen molar-refractivity contribution in [3.8, 4) is 0 Å². The van der Waals surface area contributed by atoms with Gasteiger partial charge in [0.05, 0.1) is 5.69 Å². The first-order valence-corrected chi connectivity index (χ1v) is 6.32. The number of nitrogens with one attached hydrogen (secondary N) is 1. The van der Waals surface area contributed by atoms with Gasteiger partial charge in [0.2, 0.25) is 0 Å². The summed E-state index contributed by atoms with van der Waals surface area (Å²) in [6.45, 7) is 6.90. The molecule has 0 fully saturated rings. The number of carbonyl (C=O) groups is 2. The minimum atomic E-state index is -1.12. The molecule has 0 aliphatic carbocycles. The molecule has 0 aromatic carbocycles. The lowest BCUT2D eigenvalue weighted by atomic mass is 10.1. The molecule has 0 unspecified atom stereocenters. The average molecular weight is 284 g/mol. The molecule has 0 aliphatic rings. The minimum absolute atomic E-state index is 0.198. The number of ether oxygens (including phenoxy) is 1. The van der Waals surface area contributed by atoms with Crippen LogP contribution in [0.1, 0.15) is 38.6 Å². The second kappa shape index (κ2) is 6.40. The predicted octanol–water partition coefficient (Wildman–Crippen LogP) is 1.89. The van der Waals surface area contributed by atoms with Gasteiger partial charge in [0.25, 0.3) is 0 Å². The monoisotopic (exact) mass is 284 g/mol. The third-order valence-corrected chi connectivity index (χ3v) is 2.35. The van der Waals surface area contributed by atoms with Gasteiger partial charge in [-0.2, -0.15) is 0 Å². The van der Waals surface area contributed by atoms with Crippen molar-refractivity contribution < 1.29 is 24.0 Å². The van der Waals surface area contributed by atoms with Crippen molar-refractivity contribution in [1.82, 2.24) is 10.5 Å². The van der Waals surface area contributed by atoms with E-state index < -0.39 is 23.7 Å². The van der Waals surface area contributed by atoms with Gasteiger partial charge in [0.15, 0.2) is 0 Å². The fourth-order valence-electron chi connectivity index (χ4n) is 1.53. The SMILES string of the molecule is Cc1cc(CC[C@@H](NC(=O)OC(C)(C)C)C(=O)O)on1. The summed E-state index contributed by atoms with van der Waals surface area (Å²) < 4.78 is 10.0. The summed E-state index contributed by atoms with van der Waals surface area (Å²) in [5.74, 6) is -0.535. The molecule has 1 atom stereocenters. The largest absolute Gasteiger partial charge is 0.480 e. The molecule has 1 aromatic rings. The molecule has 0 saturated heterocycles.